The lowest BCUT2D eigenvalue weighted by molar-refractivity contribution is 0.813. The summed E-state index contributed by atoms with van der Waals surface area (Å²) in [6, 6.07) is 6.13. The van der Waals surface area contributed by atoms with Gasteiger partial charge in [0.15, 0.2) is 5.96 Å². The van der Waals surface area contributed by atoms with Crippen molar-refractivity contribution in [2.24, 2.45) is 4.99 Å². The van der Waals surface area contributed by atoms with Crippen molar-refractivity contribution in [3.8, 4) is 5.82 Å². The highest BCUT2D eigenvalue weighted by Gasteiger charge is 2.02. The number of hydrogen-bond donors (Lipinski definition) is 2. The number of halogens is 1. The molecule has 0 bridgehead atoms. The van der Waals surface area contributed by atoms with Crippen LogP contribution in [0.5, 0.6) is 0 Å². The van der Waals surface area contributed by atoms with Gasteiger partial charge in [0, 0.05) is 31.7 Å². The number of pyridine rings is 1. The third kappa shape index (κ3) is 5.82. The maximum Gasteiger partial charge on any atom is 0.191 e. The molecule has 0 aliphatic heterocycles. The average Bonchev–Trinajstić information content (AvgIpc) is 3.31. The van der Waals surface area contributed by atoms with Crippen LogP contribution in [-0.4, -0.2) is 27.0 Å². The van der Waals surface area contributed by atoms with E-state index < -0.39 is 0 Å². The van der Waals surface area contributed by atoms with Gasteiger partial charge in [0.25, 0.3) is 0 Å². The lowest BCUT2D eigenvalue weighted by Gasteiger charge is -2.12. The Hall–Kier alpha value is -1.94. The molecule has 0 atom stereocenters. The molecule has 6 nitrogen and oxygen atoms in total. The summed E-state index contributed by atoms with van der Waals surface area (Å²) in [6.07, 6.45) is 7.17. The molecule has 0 radical (unpaired) electrons. The minimum Gasteiger partial charge on any atom is -0.357 e. The van der Waals surface area contributed by atoms with E-state index in [0.29, 0.717) is 13.1 Å². The van der Waals surface area contributed by atoms with E-state index >= 15 is 0 Å². The van der Waals surface area contributed by atoms with Crippen LogP contribution in [-0.2, 0) is 13.1 Å². The number of thiophene rings is 1. The van der Waals surface area contributed by atoms with Gasteiger partial charge in [0.05, 0.1) is 6.54 Å². The maximum atomic E-state index is 4.61. The van der Waals surface area contributed by atoms with E-state index in [-0.39, 0.29) is 24.0 Å². The zero-order chi connectivity index (χ0) is 16.6. The molecule has 0 saturated heterocycles. The second-order valence-corrected chi connectivity index (χ2v) is 5.95. The fourth-order valence-corrected chi connectivity index (χ4v) is 2.85. The summed E-state index contributed by atoms with van der Waals surface area (Å²) >= 11 is 1.69. The molecule has 25 heavy (non-hydrogen) atoms. The van der Waals surface area contributed by atoms with Gasteiger partial charge in [-0.1, -0.05) is 0 Å². The molecule has 0 aromatic carbocycles. The number of nitrogens with zero attached hydrogens (tertiary/aromatic N) is 4. The number of aliphatic imine (C=N–C) groups is 1. The third-order valence-electron chi connectivity index (χ3n) is 3.38. The van der Waals surface area contributed by atoms with Gasteiger partial charge in [-0.25, -0.2) is 15.0 Å². The molecular formula is C17H21IN6S. The maximum absolute atomic E-state index is 4.61. The van der Waals surface area contributed by atoms with Crippen molar-refractivity contribution >= 4 is 41.3 Å². The van der Waals surface area contributed by atoms with Gasteiger partial charge in [-0.15, -0.1) is 24.0 Å². The molecule has 0 aliphatic rings. The van der Waals surface area contributed by atoms with Gasteiger partial charge in [-0.2, -0.15) is 11.3 Å². The first-order valence-electron chi connectivity index (χ1n) is 7.81. The summed E-state index contributed by atoms with van der Waals surface area (Å²) in [5, 5.41) is 10.8. The lowest BCUT2D eigenvalue weighted by Crippen LogP contribution is -2.36. The van der Waals surface area contributed by atoms with Crippen molar-refractivity contribution < 1.29 is 0 Å². The molecular weight excluding hydrogens is 447 g/mol. The molecule has 132 valence electrons. The quantitative estimate of drug-likeness (QED) is 0.331. The van der Waals surface area contributed by atoms with Gasteiger partial charge in [0.1, 0.15) is 12.1 Å². The summed E-state index contributed by atoms with van der Waals surface area (Å²) in [5.74, 6) is 1.66. The standard InChI is InChI=1S/C17H20N6S.HI/c1-2-19-17(22-11-15-4-8-24-12-15)21-10-14-3-5-20-16(9-14)23-7-6-18-13-23;/h3-9,12-13H,2,10-11H2,1H3,(H2,19,21,22);1H. The van der Waals surface area contributed by atoms with Gasteiger partial charge >= 0.3 is 0 Å². The smallest absolute Gasteiger partial charge is 0.191 e. The van der Waals surface area contributed by atoms with E-state index in [9.17, 15) is 0 Å². The van der Waals surface area contributed by atoms with E-state index in [0.717, 1.165) is 23.9 Å². The van der Waals surface area contributed by atoms with Crippen LogP contribution in [0.25, 0.3) is 5.82 Å². The molecule has 0 spiro atoms. The highest BCUT2D eigenvalue weighted by atomic mass is 127. The minimum absolute atomic E-state index is 0. The zero-order valence-electron chi connectivity index (χ0n) is 13.9. The van der Waals surface area contributed by atoms with Gasteiger partial charge in [0.2, 0.25) is 0 Å². The van der Waals surface area contributed by atoms with Crippen LogP contribution in [0.2, 0.25) is 0 Å². The molecule has 3 aromatic heterocycles. The summed E-state index contributed by atoms with van der Waals surface area (Å²) in [5.41, 5.74) is 2.36. The Balaban J connectivity index is 0.00000225. The summed E-state index contributed by atoms with van der Waals surface area (Å²) < 4.78 is 1.89. The average molecular weight is 468 g/mol. The summed E-state index contributed by atoms with van der Waals surface area (Å²) in [7, 11) is 0. The van der Waals surface area contributed by atoms with Crippen LogP contribution < -0.4 is 10.6 Å². The van der Waals surface area contributed by atoms with Gasteiger partial charge in [-0.05, 0) is 47.0 Å². The highest BCUT2D eigenvalue weighted by Crippen LogP contribution is 2.08. The van der Waals surface area contributed by atoms with Crippen molar-refractivity contribution in [2.45, 2.75) is 20.0 Å². The molecule has 3 rings (SSSR count). The van der Waals surface area contributed by atoms with E-state index in [2.05, 4.69) is 49.3 Å². The normalized spacial score (nSPS) is 11.0. The second-order valence-electron chi connectivity index (χ2n) is 5.17. The Kier molecular flexibility index (Phi) is 7.86. The first-order valence-corrected chi connectivity index (χ1v) is 8.76. The predicted molar refractivity (Wildman–Crippen MR) is 113 cm³/mol. The molecule has 0 aliphatic carbocycles. The number of imidazole rings is 1. The van der Waals surface area contributed by atoms with Crippen LogP contribution in [0.1, 0.15) is 18.1 Å². The Bertz CT molecular complexity index is 770. The van der Waals surface area contributed by atoms with E-state index in [1.54, 1.807) is 23.9 Å². The summed E-state index contributed by atoms with van der Waals surface area (Å²) in [4.78, 5) is 13.0. The lowest BCUT2D eigenvalue weighted by atomic mass is 10.2. The third-order valence-corrected chi connectivity index (χ3v) is 4.11. The number of guanidine groups is 1. The summed E-state index contributed by atoms with van der Waals surface area (Å²) in [6.45, 7) is 4.24. The SMILES string of the molecule is CCNC(=NCc1ccsc1)NCc1ccnc(-n2ccnc2)c1.I. The largest absolute Gasteiger partial charge is 0.357 e. The van der Waals surface area contributed by atoms with Gasteiger partial charge in [-0.3, -0.25) is 4.57 Å². The Morgan fingerprint density at radius 1 is 1.24 bits per heavy atom. The molecule has 0 fully saturated rings. The molecule has 8 heteroatoms. The number of nitrogens with one attached hydrogen (secondary N) is 2. The minimum atomic E-state index is 0. The molecule has 0 unspecified atom stereocenters. The molecule has 0 saturated carbocycles. The van der Waals surface area contributed by atoms with Crippen LogP contribution >= 0.6 is 35.3 Å². The second kappa shape index (κ2) is 10.1. The van der Waals surface area contributed by atoms with Crippen LogP contribution in [0.15, 0.2) is 58.9 Å². The van der Waals surface area contributed by atoms with Crippen molar-refractivity contribution in [1.82, 2.24) is 25.2 Å². The number of rotatable bonds is 6. The van der Waals surface area contributed by atoms with Crippen molar-refractivity contribution in [2.75, 3.05) is 6.54 Å². The van der Waals surface area contributed by atoms with Crippen molar-refractivity contribution in [3.63, 3.8) is 0 Å². The van der Waals surface area contributed by atoms with E-state index in [4.69, 9.17) is 0 Å². The van der Waals surface area contributed by atoms with Crippen molar-refractivity contribution in [3.05, 3.63) is 65.0 Å². The molecule has 0 amide bonds. The predicted octanol–water partition coefficient (Wildman–Crippen LogP) is 3.20. The van der Waals surface area contributed by atoms with Crippen molar-refractivity contribution in [1.29, 1.82) is 0 Å². The molecule has 3 aromatic rings. The highest BCUT2D eigenvalue weighted by molar-refractivity contribution is 14.0. The Morgan fingerprint density at radius 3 is 2.88 bits per heavy atom. The van der Waals surface area contributed by atoms with Crippen LogP contribution in [0.3, 0.4) is 0 Å². The topological polar surface area (TPSA) is 67.1 Å². The van der Waals surface area contributed by atoms with E-state index in [1.807, 2.05) is 29.1 Å². The van der Waals surface area contributed by atoms with E-state index in [1.165, 1.54) is 5.56 Å². The monoisotopic (exact) mass is 468 g/mol. The first kappa shape index (κ1) is 19.4. The fraction of sp³-hybridized carbons (Fsp3) is 0.235. The number of aromatic nitrogens is 3. The molecule has 3 heterocycles. The van der Waals surface area contributed by atoms with Crippen LogP contribution in [0, 0.1) is 0 Å². The first-order chi connectivity index (χ1) is 11.8. The Labute approximate surface area is 168 Å². The van der Waals surface area contributed by atoms with Crippen LogP contribution in [0.4, 0.5) is 0 Å². The Morgan fingerprint density at radius 2 is 2.16 bits per heavy atom. The number of hydrogen-bond acceptors (Lipinski definition) is 4. The molecule has 2 N–H and O–H groups in total. The zero-order valence-corrected chi connectivity index (χ0v) is 17.1. The van der Waals surface area contributed by atoms with Gasteiger partial charge < -0.3 is 10.6 Å². The fourth-order valence-electron chi connectivity index (χ4n) is 2.19.